The van der Waals surface area contributed by atoms with E-state index in [2.05, 4.69) is 5.32 Å². The van der Waals surface area contributed by atoms with Gasteiger partial charge in [-0.1, -0.05) is 12.6 Å². The van der Waals surface area contributed by atoms with Gasteiger partial charge in [0.05, 0.1) is 0 Å². The maximum atomic E-state index is 9.83. The number of nitrogens with one attached hydrogen (secondary N) is 1. The fourth-order valence-electron chi connectivity index (χ4n) is 0.259. The minimum absolute atomic E-state index is 0. The van der Waals surface area contributed by atoms with Crippen molar-refractivity contribution in [1.29, 1.82) is 5.26 Å². The van der Waals surface area contributed by atoms with Gasteiger partial charge in [-0.3, -0.25) is 4.79 Å². The van der Waals surface area contributed by atoms with Crippen LogP contribution in [0.1, 0.15) is 0 Å². The molecule has 48 valence electrons. The van der Waals surface area contributed by atoms with Gasteiger partial charge >= 0.3 is 29.6 Å². The quantitative estimate of drug-likeness (QED) is 0.251. The van der Waals surface area contributed by atoms with Gasteiger partial charge in [0, 0.05) is 6.29 Å². The van der Waals surface area contributed by atoms with Gasteiger partial charge in [-0.05, 0) is 0 Å². The van der Waals surface area contributed by atoms with E-state index < -0.39 is 0 Å². The number of hydrogen-bond donors (Lipinski definition) is 1. The van der Waals surface area contributed by atoms with Crippen molar-refractivity contribution in [3.05, 3.63) is 5.92 Å². The van der Waals surface area contributed by atoms with Crippen LogP contribution in [-0.4, -0.2) is 19.2 Å². The van der Waals surface area contributed by atoms with Gasteiger partial charge in [0.1, 0.15) is 0 Å². The third-order valence-electron chi connectivity index (χ3n) is 0.662. The van der Waals surface area contributed by atoms with Gasteiger partial charge < -0.3 is 10.1 Å². The van der Waals surface area contributed by atoms with Crippen LogP contribution in [0.4, 0.5) is 0 Å². The standard InChI is InChI=1S/C5H5N2O2.Na/c6-1-5(3-8)2-7-4-9;/h3-4H,2H2,(H,7,9);/q-1;+1. The van der Waals surface area contributed by atoms with Gasteiger partial charge in [0.2, 0.25) is 6.41 Å². The molecule has 0 aliphatic rings. The van der Waals surface area contributed by atoms with Crippen molar-refractivity contribution in [3.8, 4) is 6.07 Å². The van der Waals surface area contributed by atoms with Crippen molar-refractivity contribution in [2.45, 2.75) is 0 Å². The predicted octanol–water partition coefficient (Wildman–Crippen LogP) is -3.97. The SMILES string of the molecule is N#C[C-](C=O)CNC=O.[Na+]. The van der Waals surface area contributed by atoms with E-state index in [1.165, 1.54) is 0 Å². The van der Waals surface area contributed by atoms with Gasteiger partial charge in [-0.25, -0.2) is 5.26 Å². The van der Waals surface area contributed by atoms with Crippen LogP contribution in [-0.2, 0) is 9.59 Å². The second-order valence-corrected chi connectivity index (χ2v) is 1.25. The smallest absolute Gasteiger partial charge is 0.385 e. The average Bonchev–Trinajstić information content (AvgIpc) is 1.91. The molecule has 0 rings (SSSR count). The molecule has 0 aliphatic carbocycles. The van der Waals surface area contributed by atoms with Crippen LogP contribution in [0.3, 0.4) is 0 Å². The minimum atomic E-state index is 0. The van der Waals surface area contributed by atoms with E-state index in [-0.39, 0.29) is 42.0 Å². The third kappa shape index (κ3) is 5.63. The molecular weight excluding hydrogens is 143 g/mol. The Morgan fingerprint density at radius 2 is 2.20 bits per heavy atom. The summed E-state index contributed by atoms with van der Waals surface area (Å²) in [5, 5.41) is 10.3. The minimum Gasteiger partial charge on any atom is -0.385 e. The fraction of sp³-hybridized carbons (Fsp3) is 0.200. The maximum absolute atomic E-state index is 9.83. The van der Waals surface area contributed by atoms with Gasteiger partial charge in [-0.2, -0.15) is 5.92 Å². The number of hydrogen-bond acceptors (Lipinski definition) is 3. The normalized spacial score (nSPS) is 6.30. The molecule has 0 spiro atoms. The predicted molar refractivity (Wildman–Crippen MR) is 29.0 cm³/mol. The van der Waals surface area contributed by atoms with Crippen LogP contribution >= 0.6 is 0 Å². The molecule has 0 saturated carbocycles. The van der Waals surface area contributed by atoms with Crippen molar-refractivity contribution >= 4 is 12.7 Å². The molecule has 0 aromatic carbocycles. The number of nitriles is 1. The Bertz CT molecular complexity index is 143. The van der Waals surface area contributed by atoms with Crippen LogP contribution in [0.5, 0.6) is 0 Å². The van der Waals surface area contributed by atoms with Crippen molar-refractivity contribution in [1.82, 2.24) is 5.32 Å². The molecule has 0 atom stereocenters. The summed E-state index contributed by atoms with van der Waals surface area (Å²) in [5.41, 5.74) is 0. The maximum Gasteiger partial charge on any atom is 1.00 e. The molecule has 0 aromatic heterocycles. The summed E-state index contributed by atoms with van der Waals surface area (Å²) in [6.45, 7) is 0.0174. The Kier molecular flexibility index (Phi) is 10.4. The summed E-state index contributed by atoms with van der Waals surface area (Å²) in [7, 11) is 0. The zero-order chi connectivity index (χ0) is 7.11. The molecule has 0 bridgehead atoms. The third-order valence-corrected chi connectivity index (χ3v) is 0.662. The molecule has 10 heavy (non-hydrogen) atoms. The van der Waals surface area contributed by atoms with Crippen molar-refractivity contribution < 1.29 is 39.1 Å². The van der Waals surface area contributed by atoms with Crippen LogP contribution in [0, 0.1) is 17.2 Å². The molecule has 0 fully saturated rings. The van der Waals surface area contributed by atoms with Crippen molar-refractivity contribution in [2.75, 3.05) is 6.54 Å². The summed E-state index contributed by atoms with van der Waals surface area (Å²) >= 11 is 0. The largest absolute Gasteiger partial charge is 1.00 e. The van der Waals surface area contributed by atoms with E-state index in [1.807, 2.05) is 0 Å². The molecule has 5 heteroatoms. The van der Waals surface area contributed by atoms with E-state index in [0.717, 1.165) is 0 Å². The second-order valence-electron chi connectivity index (χ2n) is 1.25. The molecule has 0 saturated heterocycles. The number of nitrogens with zero attached hydrogens (tertiary/aromatic N) is 1. The second kappa shape index (κ2) is 8.50. The molecular formula is C5H5N2NaO2. The Balaban J connectivity index is 0. The molecule has 0 radical (unpaired) electrons. The first kappa shape index (κ1) is 12.2. The zero-order valence-corrected chi connectivity index (χ0v) is 7.63. The first-order valence-corrected chi connectivity index (χ1v) is 2.23. The molecule has 0 heterocycles. The molecule has 1 amide bonds. The Morgan fingerprint density at radius 1 is 1.60 bits per heavy atom. The van der Waals surface area contributed by atoms with E-state index in [9.17, 15) is 9.59 Å². The summed E-state index contributed by atoms with van der Waals surface area (Å²) in [4.78, 5) is 19.4. The topological polar surface area (TPSA) is 70.0 Å². The number of rotatable bonds is 4. The first-order chi connectivity index (χ1) is 4.35. The molecule has 0 unspecified atom stereocenters. The fourth-order valence-corrected chi connectivity index (χ4v) is 0.259. The van der Waals surface area contributed by atoms with E-state index >= 15 is 0 Å². The van der Waals surface area contributed by atoms with E-state index in [4.69, 9.17) is 5.26 Å². The zero-order valence-electron chi connectivity index (χ0n) is 5.63. The van der Waals surface area contributed by atoms with Crippen LogP contribution in [0.2, 0.25) is 0 Å². The average molecular weight is 148 g/mol. The summed E-state index contributed by atoms with van der Waals surface area (Å²) in [6.07, 6.45) is 0.845. The Morgan fingerprint density at radius 3 is 2.50 bits per heavy atom. The number of aldehydes is 1. The Labute approximate surface area is 80.9 Å². The first-order valence-electron chi connectivity index (χ1n) is 2.23. The molecule has 0 aromatic rings. The van der Waals surface area contributed by atoms with Gasteiger partial charge in [-0.15, -0.1) is 0 Å². The number of carbonyl (C=O) groups excluding carboxylic acids is 2. The molecule has 0 aliphatic heterocycles. The van der Waals surface area contributed by atoms with Crippen molar-refractivity contribution in [2.24, 2.45) is 0 Å². The monoisotopic (exact) mass is 148 g/mol. The van der Waals surface area contributed by atoms with Crippen LogP contribution in [0.25, 0.3) is 0 Å². The number of carbonyl (C=O) groups is 2. The number of amides is 1. The van der Waals surface area contributed by atoms with Crippen LogP contribution in [0.15, 0.2) is 0 Å². The van der Waals surface area contributed by atoms with Crippen LogP contribution < -0.4 is 34.9 Å². The van der Waals surface area contributed by atoms with Gasteiger partial charge in [0.15, 0.2) is 0 Å². The summed E-state index contributed by atoms with van der Waals surface area (Å²) in [6, 6.07) is 1.61. The Hall–Kier alpha value is -0.500. The molecule has 4 nitrogen and oxygen atoms in total. The summed E-state index contributed by atoms with van der Waals surface area (Å²) < 4.78 is 0. The van der Waals surface area contributed by atoms with E-state index in [0.29, 0.717) is 12.7 Å². The van der Waals surface area contributed by atoms with E-state index in [1.54, 1.807) is 6.07 Å². The summed E-state index contributed by atoms with van der Waals surface area (Å²) in [5.74, 6) is 0.0158. The van der Waals surface area contributed by atoms with Crippen molar-refractivity contribution in [3.63, 3.8) is 0 Å². The van der Waals surface area contributed by atoms with Gasteiger partial charge in [0.25, 0.3) is 0 Å². The molecule has 1 N–H and O–H groups in total.